The second-order valence-corrected chi connectivity index (χ2v) is 9.10. The van der Waals surface area contributed by atoms with Crippen LogP contribution >= 0.6 is 0 Å². The molecule has 0 saturated carbocycles. The summed E-state index contributed by atoms with van der Waals surface area (Å²) in [6.07, 6.45) is 0. The summed E-state index contributed by atoms with van der Waals surface area (Å²) >= 11 is 0. The van der Waals surface area contributed by atoms with E-state index in [9.17, 15) is 0 Å². The topological polar surface area (TPSA) is 0 Å². The zero-order valence-electron chi connectivity index (χ0n) is 18.5. The third-order valence-corrected chi connectivity index (χ3v) is 6.51. The zero-order chi connectivity index (χ0) is 21.0. The molecule has 0 heterocycles. The third kappa shape index (κ3) is 2.67. The van der Waals surface area contributed by atoms with Gasteiger partial charge in [-0.15, -0.1) is 0 Å². The van der Waals surface area contributed by atoms with Crippen LogP contribution in [0.4, 0.5) is 0 Å². The molecule has 148 valence electrons. The van der Waals surface area contributed by atoms with E-state index in [4.69, 9.17) is 0 Å². The minimum atomic E-state index is -0.300. The fraction of sp³-hybridized carbons (Fsp3) is 0.200. The lowest BCUT2D eigenvalue weighted by atomic mass is 9.66. The maximum absolute atomic E-state index is 2.41. The fourth-order valence-electron chi connectivity index (χ4n) is 5.56. The number of hydrogen-bond acceptors (Lipinski definition) is 0. The van der Waals surface area contributed by atoms with E-state index in [2.05, 4.69) is 113 Å². The summed E-state index contributed by atoms with van der Waals surface area (Å²) in [5, 5.41) is 0. The Hall–Kier alpha value is -3.12. The van der Waals surface area contributed by atoms with E-state index in [-0.39, 0.29) is 5.41 Å². The summed E-state index contributed by atoms with van der Waals surface area (Å²) < 4.78 is 0. The standard InChI is InChI=1S/C30H28/c1-19-10-11-27-26-8-6-7-9-28(26)30(29(27)18-19,24-14-20(2)12-21(3)15-24)25-16-22(4)13-23(5)17-25/h6-18H,1-5H3. The van der Waals surface area contributed by atoms with Gasteiger partial charge in [0.1, 0.15) is 0 Å². The molecule has 30 heavy (non-hydrogen) atoms. The highest BCUT2D eigenvalue weighted by molar-refractivity contribution is 5.86. The zero-order valence-corrected chi connectivity index (χ0v) is 18.5. The van der Waals surface area contributed by atoms with Crippen molar-refractivity contribution >= 4 is 0 Å². The summed E-state index contributed by atoms with van der Waals surface area (Å²) in [6.45, 7) is 11.1. The van der Waals surface area contributed by atoms with Gasteiger partial charge >= 0.3 is 0 Å². The highest BCUT2D eigenvalue weighted by atomic mass is 14.5. The van der Waals surface area contributed by atoms with Gasteiger partial charge in [-0.05, 0) is 68.0 Å². The Bertz CT molecular complexity index is 1200. The molecule has 1 aliphatic carbocycles. The quantitative estimate of drug-likeness (QED) is 0.292. The number of benzene rings is 4. The van der Waals surface area contributed by atoms with E-state index in [1.165, 1.54) is 61.2 Å². The van der Waals surface area contributed by atoms with Crippen LogP contribution in [0.2, 0.25) is 0 Å². The third-order valence-electron chi connectivity index (χ3n) is 6.51. The van der Waals surface area contributed by atoms with Crippen molar-refractivity contribution < 1.29 is 0 Å². The lowest BCUT2D eigenvalue weighted by Gasteiger charge is -2.35. The van der Waals surface area contributed by atoms with Gasteiger partial charge in [-0.3, -0.25) is 0 Å². The average molecular weight is 389 g/mol. The van der Waals surface area contributed by atoms with Crippen molar-refractivity contribution in [3.63, 3.8) is 0 Å². The molecule has 5 rings (SSSR count). The van der Waals surface area contributed by atoms with Crippen molar-refractivity contribution in [2.75, 3.05) is 0 Å². The molecule has 0 aliphatic heterocycles. The first-order valence-electron chi connectivity index (χ1n) is 10.8. The Morgan fingerprint density at radius 3 is 1.50 bits per heavy atom. The van der Waals surface area contributed by atoms with Crippen molar-refractivity contribution in [2.45, 2.75) is 40.0 Å². The Morgan fingerprint density at radius 1 is 0.433 bits per heavy atom. The monoisotopic (exact) mass is 388 g/mol. The Kier molecular flexibility index (Phi) is 4.22. The van der Waals surface area contributed by atoms with Crippen molar-refractivity contribution in [3.8, 4) is 11.1 Å². The molecule has 0 unspecified atom stereocenters. The molecule has 0 radical (unpaired) electrons. The first-order valence-corrected chi connectivity index (χ1v) is 10.8. The predicted molar refractivity (Wildman–Crippen MR) is 127 cm³/mol. The van der Waals surface area contributed by atoms with Crippen LogP contribution in [0.25, 0.3) is 11.1 Å². The molecule has 0 bridgehead atoms. The molecule has 0 amide bonds. The van der Waals surface area contributed by atoms with Crippen LogP contribution < -0.4 is 0 Å². The second-order valence-electron chi connectivity index (χ2n) is 9.10. The molecular weight excluding hydrogens is 360 g/mol. The molecule has 0 spiro atoms. The largest absolute Gasteiger partial charge is 0.0714 e. The van der Waals surface area contributed by atoms with Crippen LogP contribution in [0.5, 0.6) is 0 Å². The van der Waals surface area contributed by atoms with Crippen LogP contribution in [0.15, 0.2) is 78.9 Å². The molecule has 0 aromatic heterocycles. The summed E-state index contributed by atoms with van der Waals surface area (Å²) in [5.41, 5.74) is 14.5. The lowest BCUT2D eigenvalue weighted by Crippen LogP contribution is -2.29. The maximum Gasteiger partial charge on any atom is 0.0714 e. The van der Waals surface area contributed by atoms with Gasteiger partial charge in [-0.2, -0.15) is 0 Å². The molecule has 0 saturated heterocycles. The van der Waals surface area contributed by atoms with Crippen LogP contribution in [0.3, 0.4) is 0 Å². The molecule has 1 aliphatic rings. The van der Waals surface area contributed by atoms with Gasteiger partial charge in [0.05, 0.1) is 5.41 Å². The minimum absolute atomic E-state index is 0.300. The van der Waals surface area contributed by atoms with E-state index in [1.807, 2.05) is 0 Å². The number of aryl methyl sites for hydroxylation is 5. The minimum Gasteiger partial charge on any atom is -0.0619 e. The Balaban J connectivity index is 2.01. The first kappa shape index (κ1) is 18.9. The van der Waals surface area contributed by atoms with Gasteiger partial charge in [-0.1, -0.05) is 107 Å². The summed E-state index contributed by atoms with van der Waals surface area (Å²) in [5.74, 6) is 0. The fourth-order valence-corrected chi connectivity index (χ4v) is 5.56. The predicted octanol–water partition coefficient (Wildman–Crippen LogP) is 7.59. The lowest BCUT2D eigenvalue weighted by molar-refractivity contribution is 0.763. The first-order chi connectivity index (χ1) is 14.4. The molecule has 4 aromatic rings. The molecule has 0 heteroatoms. The van der Waals surface area contributed by atoms with Gasteiger partial charge in [0.15, 0.2) is 0 Å². The van der Waals surface area contributed by atoms with Crippen LogP contribution in [0.1, 0.15) is 50.1 Å². The summed E-state index contributed by atoms with van der Waals surface area (Å²) in [7, 11) is 0. The number of fused-ring (bicyclic) bond motifs is 3. The molecule has 0 nitrogen and oxygen atoms in total. The molecule has 4 aromatic carbocycles. The Labute approximate surface area is 180 Å². The summed E-state index contributed by atoms with van der Waals surface area (Å²) in [6, 6.07) is 30.1. The van der Waals surface area contributed by atoms with Crippen molar-refractivity contribution in [1.29, 1.82) is 0 Å². The smallest absolute Gasteiger partial charge is 0.0619 e. The van der Waals surface area contributed by atoms with Gasteiger partial charge in [0.25, 0.3) is 0 Å². The highest BCUT2D eigenvalue weighted by Crippen LogP contribution is 2.56. The molecule has 0 N–H and O–H groups in total. The van der Waals surface area contributed by atoms with Crippen molar-refractivity contribution in [1.82, 2.24) is 0 Å². The second kappa shape index (κ2) is 6.71. The highest BCUT2D eigenvalue weighted by Gasteiger charge is 2.46. The van der Waals surface area contributed by atoms with Gasteiger partial charge < -0.3 is 0 Å². The SMILES string of the molecule is Cc1cc(C)cc(C2(c3cc(C)cc(C)c3)c3ccccc3-c3ccc(C)cc32)c1. The summed E-state index contributed by atoms with van der Waals surface area (Å²) in [4.78, 5) is 0. The van der Waals surface area contributed by atoms with Crippen LogP contribution in [-0.4, -0.2) is 0 Å². The van der Waals surface area contributed by atoms with E-state index in [0.717, 1.165) is 0 Å². The maximum atomic E-state index is 2.41. The van der Waals surface area contributed by atoms with Gasteiger partial charge in [-0.25, -0.2) is 0 Å². The van der Waals surface area contributed by atoms with Crippen LogP contribution in [-0.2, 0) is 5.41 Å². The van der Waals surface area contributed by atoms with Crippen molar-refractivity contribution in [2.24, 2.45) is 0 Å². The number of rotatable bonds is 2. The molecule has 0 fully saturated rings. The normalized spacial score (nSPS) is 13.8. The van der Waals surface area contributed by atoms with Crippen LogP contribution in [0, 0.1) is 34.6 Å². The van der Waals surface area contributed by atoms with Gasteiger partial charge in [0, 0.05) is 0 Å². The molecule has 0 atom stereocenters. The average Bonchev–Trinajstić information content (AvgIpc) is 2.97. The Morgan fingerprint density at radius 2 is 0.933 bits per heavy atom. The van der Waals surface area contributed by atoms with E-state index >= 15 is 0 Å². The number of hydrogen-bond donors (Lipinski definition) is 0. The van der Waals surface area contributed by atoms with E-state index < -0.39 is 0 Å². The van der Waals surface area contributed by atoms with E-state index in [1.54, 1.807) is 0 Å². The van der Waals surface area contributed by atoms with Crippen molar-refractivity contribution in [3.05, 3.63) is 129 Å². The van der Waals surface area contributed by atoms with Gasteiger partial charge in [0.2, 0.25) is 0 Å². The van der Waals surface area contributed by atoms with E-state index in [0.29, 0.717) is 0 Å². The molecular formula is C30H28.